The Balaban J connectivity index is 2.75. The van der Waals surface area contributed by atoms with Crippen LogP contribution in [-0.2, 0) is 0 Å². The molecular weight excluding hydrogens is 228 g/mol. The molecule has 0 aromatic carbocycles. The van der Waals surface area contributed by atoms with Crippen LogP contribution >= 0.6 is 0 Å². The van der Waals surface area contributed by atoms with Crippen molar-refractivity contribution in [1.29, 1.82) is 5.26 Å². The van der Waals surface area contributed by atoms with Gasteiger partial charge in [0.15, 0.2) is 0 Å². The second-order valence-electron chi connectivity index (χ2n) is 4.49. The molecular formula is C14H16N2O2. The predicted octanol–water partition coefficient (Wildman–Crippen LogP) is 2.92. The molecule has 0 radical (unpaired) electrons. The quantitative estimate of drug-likeness (QED) is 0.883. The molecule has 2 aromatic heterocycles. The van der Waals surface area contributed by atoms with Gasteiger partial charge in [-0.05, 0) is 39.8 Å². The summed E-state index contributed by atoms with van der Waals surface area (Å²) >= 11 is 0. The molecule has 2 rings (SSSR count). The first-order chi connectivity index (χ1) is 8.47. The molecule has 0 amide bonds. The lowest BCUT2D eigenvalue weighted by Gasteiger charge is -2.06. The van der Waals surface area contributed by atoms with Gasteiger partial charge in [0.2, 0.25) is 5.88 Å². The SMILES string of the molecule is Cc1oc(-n2c(C)ccc2C)c(C#N)c1C(C)O. The summed E-state index contributed by atoms with van der Waals surface area (Å²) in [6, 6.07) is 6.07. The molecule has 1 atom stereocenters. The van der Waals surface area contributed by atoms with Crippen molar-refractivity contribution in [2.24, 2.45) is 0 Å². The first-order valence-electron chi connectivity index (χ1n) is 5.84. The number of nitriles is 1. The highest BCUT2D eigenvalue weighted by Gasteiger charge is 2.23. The normalized spacial score (nSPS) is 12.4. The Bertz CT molecular complexity index is 607. The van der Waals surface area contributed by atoms with Crippen molar-refractivity contribution in [3.63, 3.8) is 0 Å². The molecule has 0 saturated carbocycles. The minimum Gasteiger partial charge on any atom is -0.443 e. The molecule has 0 spiro atoms. The van der Waals surface area contributed by atoms with Crippen LogP contribution in [0.1, 0.15) is 41.3 Å². The minimum atomic E-state index is -0.715. The third-order valence-corrected chi connectivity index (χ3v) is 3.12. The maximum atomic E-state index is 9.75. The number of aryl methyl sites for hydroxylation is 3. The fourth-order valence-corrected chi connectivity index (χ4v) is 2.30. The highest BCUT2D eigenvalue weighted by molar-refractivity contribution is 5.52. The zero-order valence-electron chi connectivity index (χ0n) is 11.0. The summed E-state index contributed by atoms with van der Waals surface area (Å²) in [6.45, 7) is 7.31. The number of hydrogen-bond acceptors (Lipinski definition) is 3. The van der Waals surface area contributed by atoms with Gasteiger partial charge in [0.1, 0.15) is 17.4 Å². The van der Waals surface area contributed by atoms with E-state index >= 15 is 0 Å². The molecule has 2 aromatic rings. The second-order valence-corrected chi connectivity index (χ2v) is 4.49. The Morgan fingerprint density at radius 1 is 1.28 bits per heavy atom. The van der Waals surface area contributed by atoms with Gasteiger partial charge in [-0.25, -0.2) is 0 Å². The van der Waals surface area contributed by atoms with Crippen molar-refractivity contribution in [3.8, 4) is 12.0 Å². The molecule has 18 heavy (non-hydrogen) atoms. The molecule has 94 valence electrons. The lowest BCUT2D eigenvalue weighted by Crippen LogP contribution is -2.01. The van der Waals surface area contributed by atoms with Gasteiger partial charge in [-0.2, -0.15) is 5.26 Å². The van der Waals surface area contributed by atoms with Gasteiger partial charge in [0.05, 0.1) is 6.10 Å². The molecule has 4 heteroatoms. The minimum absolute atomic E-state index is 0.407. The number of furan rings is 1. The smallest absolute Gasteiger partial charge is 0.222 e. The maximum absolute atomic E-state index is 9.75. The molecule has 2 heterocycles. The highest BCUT2D eigenvalue weighted by Crippen LogP contribution is 2.31. The zero-order chi connectivity index (χ0) is 13.4. The van der Waals surface area contributed by atoms with E-state index in [4.69, 9.17) is 4.42 Å². The average Bonchev–Trinajstić information content (AvgIpc) is 2.79. The van der Waals surface area contributed by atoms with E-state index in [1.54, 1.807) is 13.8 Å². The summed E-state index contributed by atoms with van der Waals surface area (Å²) in [7, 11) is 0. The van der Waals surface area contributed by atoms with Crippen molar-refractivity contribution in [2.45, 2.75) is 33.8 Å². The molecule has 0 aliphatic rings. The third-order valence-electron chi connectivity index (χ3n) is 3.12. The van der Waals surface area contributed by atoms with Gasteiger partial charge in [0.25, 0.3) is 0 Å². The van der Waals surface area contributed by atoms with Crippen LogP contribution in [0.3, 0.4) is 0 Å². The Morgan fingerprint density at radius 2 is 1.83 bits per heavy atom. The topological polar surface area (TPSA) is 62.1 Å². The summed E-state index contributed by atoms with van der Waals surface area (Å²) in [5.41, 5.74) is 2.97. The van der Waals surface area contributed by atoms with E-state index in [1.165, 1.54) is 0 Å². The summed E-state index contributed by atoms with van der Waals surface area (Å²) in [4.78, 5) is 0. The van der Waals surface area contributed by atoms with Crippen LogP contribution in [0.4, 0.5) is 0 Å². The predicted molar refractivity (Wildman–Crippen MR) is 67.6 cm³/mol. The standard InChI is InChI=1S/C14H16N2O2/c1-8-5-6-9(2)16(8)14-12(7-15)13(10(3)17)11(4)18-14/h5-6,10,17H,1-4H3. The number of aromatic nitrogens is 1. The number of aliphatic hydroxyl groups is 1. The molecule has 0 saturated heterocycles. The molecule has 1 N–H and O–H groups in total. The molecule has 0 aliphatic carbocycles. The van der Waals surface area contributed by atoms with E-state index in [1.807, 2.05) is 30.5 Å². The number of nitrogens with zero attached hydrogens (tertiary/aromatic N) is 2. The van der Waals surface area contributed by atoms with Crippen LogP contribution in [0.15, 0.2) is 16.5 Å². The number of aliphatic hydroxyl groups excluding tert-OH is 1. The van der Waals surface area contributed by atoms with Crippen LogP contribution in [-0.4, -0.2) is 9.67 Å². The maximum Gasteiger partial charge on any atom is 0.222 e. The Kier molecular flexibility index (Phi) is 3.02. The number of hydrogen-bond donors (Lipinski definition) is 1. The van der Waals surface area contributed by atoms with E-state index in [-0.39, 0.29) is 0 Å². The number of rotatable bonds is 2. The van der Waals surface area contributed by atoms with Gasteiger partial charge >= 0.3 is 0 Å². The molecule has 1 unspecified atom stereocenters. The van der Waals surface area contributed by atoms with Crippen molar-refractivity contribution < 1.29 is 9.52 Å². The largest absolute Gasteiger partial charge is 0.443 e. The third kappa shape index (κ3) is 1.73. The Hall–Kier alpha value is -1.99. The van der Waals surface area contributed by atoms with Crippen LogP contribution in [0.2, 0.25) is 0 Å². The van der Waals surface area contributed by atoms with Gasteiger partial charge < -0.3 is 9.52 Å². The van der Waals surface area contributed by atoms with Crippen LogP contribution in [0.5, 0.6) is 0 Å². The zero-order valence-corrected chi connectivity index (χ0v) is 11.0. The average molecular weight is 244 g/mol. The van der Waals surface area contributed by atoms with E-state index in [9.17, 15) is 10.4 Å². The van der Waals surface area contributed by atoms with Crippen molar-refractivity contribution >= 4 is 0 Å². The fraction of sp³-hybridized carbons (Fsp3) is 0.357. The van der Waals surface area contributed by atoms with Gasteiger partial charge in [-0.15, -0.1) is 0 Å². The van der Waals surface area contributed by atoms with Gasteiger partial charge in [-0.1, -0.05) is 0 Å². The van der Waals surface area contributed by atoms with Crippen LogP contribution in [0.25, 0.3) is 5.88 Å². The van der Waals surface area contributed by atoms with Crippen LogP contribution < -0.4 is 0 Å². The second kappa shape index (κ2) is 4.35. The van der Waals surface area contributed by atoms with Crippen molar-refractivity contribution in [2.75, 3.05) is 0 Å². The fourth-order valence-electron chi connectivity index (χ4n) is 2.30. The molecule has 4 nitrogen and oxygen atoms in total. The summed E-state index contributed by atoms with van der Waals surface area (Å²) in [5.74, 6) is 1.08. The first-order valence-corrected chi connectivity index (χ1v) is 5.84. The monoisotopic (exact) mass is 244 g/mol. The lowest BCUT2D eigenvalue weighted by molar-refractivity contribution is 0.197. The molecule has 0 bridgehead atoms. The van der Waals surface area contributed by atoms with Crippen molar-refractivity contribution in [3.05, 3.63) is 40.4 Å². The van der Waals surface area contributed by atoms with E-state index in [0.29, 0.717) is 22.8 Å². The van der Waals surface area contributed by atoms with Crippen molar-refractivity contribution in [1.82, 2.24) is 4.57 Å². The Morgan fingerprint density at radius 3 is 2.28 bits per heavy atom. The lowest BCUT2D eigenvalue weighted by atomic mass is 10.1. The first kappa shape index (κ1) is 12.5. The van der Waals surface area contributed by atoms with Gasteiger partial charge in [-0.3, -0.25) is 4.57 Å². The molecule has 0 fully saturated rings. The van der Waals surface area contributed by atoms with Crippen LogP contribution in [0, 0.1) is 32.1 Å². The summed E-state index contributed by atoms with van der Waals surface area (Å²) in [6.07, 6.45) is -0.715. The summed E-state index contributed by atoms with van der Waals surface area (Å²) in [5, 5.41) is 19.1. The Labute approximate surface area is 106 Å². The van der Waals surface area contributed by atoms with E-state index in [0.717, 1.165) is 11.4 Å². The molecule has 0 aliphatic heterocycles. The van der Waals surface area contributed by atoms with E-state index < -0.39 is 6.10 Å². The highest BCUT2D eigenvalue weighted by atomic mass is 16.4. The summed E-state index contributed by atoms with van der Waals surface area (Å²) < 4.78 is 7.57. The van der Waals surface area contributed by atoms with E-state index in [2.05, 4.69) is 6.07 Å². The van der Waals surface area contributed by atoms with Gasteiger partial charge in [0, 0.05) is 17.0 Å².